The fourth-order valence-corrected chi connectivity index (χ4v) is 1.84. The van der Waals surface area contributed by atoms with Crippen molar-refractivity contribution in [3.63, 3.8) is 0 Å². The largest absolute Gasteiger partial charge is 0.493 e. The molecule has 0 saturated heterocycles. The summed E-state index contributed by atoms with van der Waals surface area (Å²) >= 11 is 0. The first kappa shape index (κ1) is 16.3. The number of hydrogen-bond acceptors (Lipinski definition) is 4. The average Bonchev–Trinajstić information content (AvgIpc) is 2.35. The molecule has 0 spiro atoms. The van der Waals surface area contributed by atoms with Crippen LogP contribution in [-0.2, 0) is 11.2 Å². The maximum absolute atomic E-state index is 11.5. The minimum absolute atomic E-state index is 0.0266. The Balaban J connectivity index is 2.68. The zero-order chi connectivity index (χ0) is 15.1. The van der Waals surface area contributed by atoms with E-state index in [1.54, 1.807) is 13.2 Å². The van der Waals surface area contributed by atoms with Crippen LogP contribution >= 0.6 is 0 Å². The van der Waals surface area contributed by atoms with Gasteiger partial charge >= 0.3 is 0 Å². The van der Waals surface area contributed by atoms with E-state index in [2.05, 4.69) is 5.32 Å². The quantitative estimate of drug-likeness (QED) is 0.793. The lowest BCUT2D eigenvalue weighted by Gasteiger charge is -2.14. The number of carbonyl (C=O) groups is 1. The van der Waals surface area contributed by atoms with Crippen LogP contribution < -0.4 is 20.5 Å². The molecule has 0 fully saturated rings. The van der Waals surface area contributed by atoms with Crippen LogP contribution in [0.25, 0.3) is 0 Å². The highest BCUT2D eigenvalue weighted by Crippen LogP contribution is 2.28. The van der Waals surface area contributed by atoms with E-state index < -0.39 is 0 Å². The Kier molecular flexibility index (Phi) is 6.31. The number of rotatable bonds is 7. The van der Waals surface area contributed by atoms with Gasteiger partial charge in [0, 0.05) is 12.1 Å². The lowest BCUT2D eigenvalue weighted by atomic mass is 10.1. The van der Waals surface area contributed by atoms with Gasteiger partial charge in [-0.25, -0.2) is 0 Å². The fourth-order valence-electron chi connectivity index (χ4n) is 1.84. The van der Waals surface area contributed by atoms with E-state index in [1.165, 1.54) is 0 Å². The van der Waals surface area contributed by atoms with Gasteiger partial charge in [0.25, 0.3) is 5.91 Å². The van der Waals surface area contributed by atoms with Crippen molar-refractivity contribution in [2.45, 2.75) is 39.3 Å². The zero-order valence-electron chi connectivity index (χ0n) is 12.6. The number of nitrogens with two attached hydrogens (primary N) is 1. The molecule has 0 heterocycles. The molecule has 0 bridgehead atoms. The average molecular weight is 280 g/mol. The molecule has 1 unspecified atom stereocenters. The monoisotopic (exact) mass is 280 g/mol. The number of ether oxygens (including phenoxy) is 2. The van der Waals surface area contributed by atoms with Crippen molar-refractivity contribution < 1.29 is 14.3 Å². The van der Waals surface area contributed by atoms with Crippen molar-refractivity contribution in [3.8, 4) is 11.5 Å². The first-order chi connectivity index (χ1) is 9.42. The molecule has 5 nitrogen and oxygen atoms in total. The molecule has 0 aromatic heterocycles. The van der Waals surface area contributed by atoms with Crippen molar-refractivity contribution >= 4 is 5.91 Å². The van der Waals surface area contributed by atoms with Gasteiger partial charge in [-0.1, -0.05) is 6.07 Å². The van der Waals surface area contributed by atoms with Gasteiger partial charge in [-0.15, -0.1) is 0 Å². The van der Waals surface area contributed by atoms with Crippen LogP contribution in [0.15, 0.2) is 18.2 Å². The van der Waals surface area contributed by atoms with Gasteiger partial charge in [0.1, 0.15) is 0 Å². The third-order valence-electron chi connectivity index (χ3n) is 2.59. The van der Waals surface area contributed by atoms with Crippen molar-refractivity contribution in [1.82, 2.24) is 5.32 Å². The maximum atomic E-state index is 11.5. The Morgan fingerprint density at radius 3 is 2.55 bits per heavy atom. The van der Waals surface area contributed by atoms with Crippen LogP contribution in [0, 0.1) is 0 Å². The van der Waals surface area contributed by atoms with Gasteiger partial charge in [-0.2, -0.15) is 0 Å². The van der Waals surface area contributed by atoms with Gasteiger partial charge < -0.3 is 20.5 Å². The first-order valence-corrected chi connectivity index (χ1v) is 6.77. The van der Waals surface area contributed by atoms with Gasteiger partial charge in [0.15, 0.2) is 18.1 Å². The Morgan fingerprint density at radius 2 is 2.00 bits per heavy atom. The van der Waals surface area contributed by atoms with Crippen molar-refractivity contribution in [3.05, 3.63) is 23.8 Å². The third kappa shape index (κ3) is 5.48. The lowest BCUT2D eigenvalue weighted by Crippen LogP contribution is -2.34. The highest BCUT2D eigenvalue weighted by atomic mass is 16.5. The molecule has 0 aliphatic rings. The van der Waals surface area contributed by atoms with Crippen molar-refractivity contribution in [2.75, 3.05) is 13.7 Å². The fraction of sp³-hybridized carbons (Fsp3) is 0.533. The van der Waals surface area contributed by atoms with Crippen LogP contribution in [0.5, 0.6) is 11.5 Å². The minimum Gasteiger partial charge on any atom is -0.493 e. The van der Waals surface area contributed by atoms with Gasteiger partial charge in [0.05, 0.1) is 7.11 Å². The Labute approximate surface area is 120 Å². The van der Waals surface area contributed by atoms with E-state index in [4.69, 9.17) is 15.2 Å². The van der Waals surface area contributed by atoms with E-state index in [1.807, 2.05) is 32.9 Å². The van der Waals surface area contributed by atoms with Gasteiger partial charge in [0.2, 0.25) is 0 Å². The molecule has 20 heavy (non-hydrogen) atoms. The normalized spacial score (nSPS) is 12.1. The zero-order valence-corrected chi connectivity index (χ0v) is 12.6. The van der Waals surface area contributed by atoms with Crippen LogP contribution in [0.3, 0.4) is 0 Å². The predicted octanol–water partition coefficient (Wildman–Crippen LogP) is 1.49. The molecule has 1 aromatic carbocycles. The number of benzene rings is 1. The van der Waals surface area contributed by atoms with Gasteiger partial charge in [-0.3, -0.25) is 4.79 Å². The summed E-state index contributed by atoms with van der Waals surface area (Å²) in [7, 11) is 1.58. The van der Waals surface area contributed by atoms with Crippen LogP contribution in [0.2, 0.25) is 0 Å². The molecule has 1 amide bonds. The molecular weight excluding hydrogens is 256 g/mol. The number of hydrogen-bond donors (Lipinski definition) is 2. The summed E-state index contributed by atoms with van der Waals surface area (Å²) in [5.74, 6) is 1.02. The number of nitrogens with one attached hydrogen (secondary N) is 1. The van der Waals surface area contributed by atoms with Gasteiger partial charge in [-0.05, 0) is 44.9 Å². The molecule has 5 heteroatoms. The molecule has 0 aliphatic carbocycles. The summed E-state index contributed by atoms with van der Waals surface area (Å²) in [6.45, 7) is 5.73. The Bertz CT molecular complexity index is 445. The summed E-state index contributed by atoms with van der Waals surface area (Å²) < 4.78 is 10.8. The second kappa shape index (κ2) is 7.75. The van der Waals surface area contributed by atoms with Crippen molar-refractivity contribution in [1.29, 1.82) is 0 Å². The van der Waals surface area contributed by atoms with E-state index in [0.29, 0.717) is 11.5 Å². The molecule has 0 aliphatic heterocycles. The minimum atomic E-state index is -0.151. The highest BCUT2D eigenvalue weighted by Gasteiger charge is 2.10. The molecule has 0 saturated carbocycles. The summed E-state index contributed by atoms with van der Waals surface area (Å²) in [6, 6.07) is 5.81. The van der Waals surface area contributed by atoms with Crippen LogP contribution in [0.1, 0.15) is 26.3 Å². The Hall–Kier alpha value is -1.75. The highest BCUT2D eigenvalue weighted by molar-refractivity contribution is 5.77. The van der Waals surface area contributed by atoms with Crippen molar-refractivity contribution in [2.24, 2.45) is 5.73 Å². The molecule has 1 atom stereocenters. The van der Waals surface area contributed by atoms with E-state index in [0.717, 1.165) is 12.0 Å². The summed E-state index contributed by atoms with van der Waals surface area (Å²) in [6.07, 6.45) is 0.768. The lowest BCUT2D eigenvalue weighted by molar-refractivity contribution is -0.123. The number of amides is 1. The summed E-state index contributed by atoms with van der Waals surface area (Å²) in [5.41, 5.74) is 6.85. The molecule has 3 N–H and O–H groups in total. The molecule has 112 valence electrons. The smallest absolute Gasteiger partial charge is 0.258 e. The number of carbonyl (C=O) groups excluding carboxylic acids is 1. The second-order valence-corrected chi connectivity index (χ2v) is 5.18. The van der Waals surface area contributed by atoms with E-state index in [-0.39, 0.29) is 24.6 Å². The molecule has 1 rings (SSSR count). The van der Waals surface area contributed by atoms with Crippen LogP contribution in [-0.4, -0.2) is 31.7 Å². The SMILES string of the molecule is COc1cc(CC(C)N)ccc1OCC(=O)NC(C)C. The van der Waals surface area contributed by atoms with Crippen LogP contribution in [0.4, 0.5) is 0 Å². The molecular formula is C15H24N2O3. The van der Waals surface area contributed by atoms with E-state index >= 15 is 0 Å². The second-order valence-electron chi connectivity index (χ2n) is 5.18. The Morgan fingerprint density at radius 1 is 1.30 bits per heavy atom. The third-order valence-corrected chi connectivity index (χ3v) is 2.59. The maximum Gasteiger partial charge on any atom is 0.258 e. The summed E-state index contributed by atoms with van der Waals surface area (Å²) in [4.78, 5) is 11.5. The molecule has 0 radical (unpaired) electrons. The predicted molar refractivity (Wildman–Crippen MR) is 79.1 cm³/mol. The molecule has 1 aromatic rings. The van der Waals surface area contributed by atoms with E-state index in [9.17, 15) is 4.79 Å². The number of methoxy groups -OCH3 is 1. The summed E-state index contributed by atoms with van der Waals surface area (Å²) in [5, 5.41) is 2.77. The first-order valence-electron chi connectivity index (χ1n) is 6.77. The topological polar surface area (TPSA) is 73.6 Å². The standard InChI is InChI=1S/C15H24N2O3/c1-10(2)17-15(18)9-20-13-6-5-12(7-11(3)16)8-14(13)19-4/h5-6,8,10-11H,7,9,16H2,1-4H3,(H,17,18).